The van der Waals surface area contributed by atoms with Crippen LogP contribution in [0.2, 0.25) is 0 Å². The van der Waals surface area contributed by atoms with Gasteiger partial charge in [-0.15, -0.1) is 0 Å². The molecule has 1 N–H and O–H groups in total. The van der Waals surface area contributed by atoms with Crippen molar-refractivity contribution < 1.29 is 27.8 Å². The number of rotatable bonds is 4. The SMILES string of the molecule is COC(=O)CCn1ccc(C(O)C(F)(F)F)c1. The molecule has 1 atom stereocenters. The second kappa shape index (κ2) is 5.22. The molecule has 4 nitrogen and oxygen atoms in total. The molecule has 0 amide bonds. The van der Waals surface area contributed by atoms with Gasteiger partial charge in [-0.3, -0.25) is 4.79 Å². The molecule has 1 aromatic heterocycles. The molecule has 17 heavy (non-hydrogen) atoms. The van der Waals surface area contributed by atoms with Gasteiger partial charge in [-0.05, 0) is 6.07 Å². The molecule has 0 aromatic carbocycles. The van der Waals surface area contributed by atoms with E-state index in [1.165, 1.54) is 17.9 Å². The highest BCUT2D eigenvalue weighted by atomic mass is 19.4. The van der Waals surface area contributed by atoms with Gasteiger partial charge in [0.1, 0.15) is 0 Å². The zero-order valence-corrected chi connectivity index (χ0v) is 9.07. The molecule has 96 valence electrons. The van der Waals surface area contributed by atoms with Crippen molar-refractivity contribution in [1.82, 2.24) is 4.57 Å². The Morgan fingerprint density at radius 1 is 1.59 bits per heavy atom. The van der Waals surface area contributed by atoms with Crippen molar-refractivity contribution in [1.29, 1.82) is 0 Å². The van der Waals surface area contributed by atoms with E-state index in [2.05, 4.69) is 4.74 Å². The number of alkyl halides is 3. The van der Waals surface area contributed by atoms with Crippen LogP contribution < -0.4 is 0 Å². The summed E-state index contributed by atoms with van der Waals surface area (Å²) in [6.07, 6.45) is -4.60. The Hall–Kier alpha value is -1.50. The number of esters is 1. The number of aryl methyl sites for hydroxylation is 1. The highest BCUT2D eigenvalue weighted by Crippen LogP contribution is 2.32. The molecule has 0 bridgehead atoms. The molecule has 0 aliphatic rings. The highest BCUT2D eigenvalue weighted by Gasteiger charge is 2.39. The minimum absolute atomic E-state index is 0.0622. The Balaban J connectivity index is 2.62. The summed E-state index contributed by atoms with van der Waals surface area (Å²) in [7, 11) is 1.23. The minimum Gasteiger partial charge on any atom is -0.469 e. The van der Waals surface area contributed by atoms with Crippen molar-refractivity contribution in [2.24, 2.45) is 0 Å². The van der Waals surface area contributed by atoms with Crippen molar-refractivity contribution in [2.75, 3.05) is 7.11 Å². The first-order chi connectivity index (χ1) is 7.84. The molecular weight excluding hydrogens is 239 g/mol. The normalized spacial score (nSPS) is 13.5. The maximum atomic E-state index is 12.2. The summed E-state index contributed by atoms with van der Waals surface area (Å²) in [4.78, 5) is 10.8. The van der Waals surface area contributed by atoms with Crippen molar-refractivity contribution in [3.63, 3.8) is 0 Å². The number of carbonyl (C=O) groups excluding carboxylic acids is 1. The lowest BCUT2D eigenvalue weighted by molar-refractivity contribution is -0.206. The van der Waals surface area contributed by atoms with Crippen LogP contribution in [-0.2, 0) is 16.1 Å². The van der Waals surface area contributed by atoms with Gasteiger partial charge in [0.15, 0.2) is 6.10 Å². The highest BCUT2D eigenvalue weighted by molar-refractivity contribution is 5.68. The molecule has 0 fully saturated rings. The topological polar surface area (TPSA) is 51.5 Å². The Morgan fingerprint density at radius 3 is 2.76 bits per heavy atom. The summed E-state index contributed by atoms with van der Waals surface area (Å²) in [6.45, 7) is 0.206. The maximum absolute atomic E-state index is 12.2. The fraction of sp³-hybridized carbons (Fsp3) is 0.500. The zero-order chi connectivity index (χ0) is 13.1. The number of carbonyl (C=O) groups is 1. The van der Waals surface area contributed by atoms with Crippen molar-refractivity contribution in [2.45, 2.75) is 25.2 Å². The Bertz CT molecular complexity index is 386. The van der Waals surface area contributed by atoms with Crippen LogP contribution in [0.1, 0.15) is 18.1 Å². The number of hydrogen-bond donors (Lipinski definition) is 1. The summed E-state index contributed by atoms with van der Waals surface area (Å²) in [5, 5.41) is 8.96. The van der Waals surface area contributed by atoms with Crippen LogP contribution in [0.15, 0.2) is 18.5 Å². The van der Waals surface area contributed by atoms with E-state index in [4.69, 9.17) is 5.11 Å². The minimum atomic E-state index is -4.69. The van der Waals surface area contributed by atoms with Crippen molar-refractivity contribution >= 4 is 5.97 Å². The van der Waals surface area contributed by atoms with Gasteiger partial charge in [-0.2, -0.15) is 13.2 Å². The van der Waals surface area contributed by atoms with Gasteiger partial charge in [-0.1, -0.05) is 0 Å². The molecule has 1 heterocycles. The van der Waals surface area contributed by atoms with Crippen LogP contribution in [0.3, 0.4) is 0 Å². The van der Waals surface area contributed by atoms with Gasteiger partial charge in [0.05, 0.1) is 13.5 Å². The standard InChI is InChI=1S/C10H12F3NO3/c1-17-8(15)3-5-14-4-2-7(6-14)9(16)10(11,12)13/h2,4,6,9,16H,3,5H2,1H3. The first kappa shape index (κ1) is 13.6. The number of halogens is 3. The Morgan fingerprint density at radius 2 is 2.24 bits per heavy atom. The predicted octanol–water partition coefficient (Wildman–Crippen LogP) is 1.65. The maximum Gasteiger partial charge on any atom is 0.418 e. The monoisotopic (exact) mass is 251 g/mol. The van der Waals surface area contributed by atoms with E-state index >= 15 is 0 Å². The van der Waals surface area contributed by atoms with Crippen LogP contribution in [0.5, 0.6) is 0 Å². The third kappa shape index (κ3) is 3.77. The summed E-state index contributed by atoms with van der Waals surface area (Å²) in [6, 6.07) is 1.16. The Labute approximate surface area is 95.6 Å². The van der Waals surface area contributed by atoms with Gasteiger partial charge in [0.25, 0.3) is 0 Å². The summed E-state index contributed by atoms with van der Waals surface area (Å²) in [5.41, 5.74) is -0.248. The van der Waals surface area contributed by atoms with Crippen LogP contribution in [0.25, 0.3) is 0 Å². The van der Waals surface area contributed by atoms with Gasteiger partial charge < -0.3 is 14.4 Å². The molecule has 0 saturated heterocycles. The van der Waals surface area contributed by atoms with Crippen LogP contribution in [0.4, 0.5) is 13.2 Å². The number of methoxy groups -OCH3 is 1. The fourth-order valence-corrected chi connectivity index (χ4v) is 1.27. The largest absolute Gasteiger partial charge is 0.469 e. The molecule has 1 unspecified atom stereocenters. The number of aliphatic hydroxyl groups is 1. The van der Waals surface area contributed by atoms with E-state index in [0.29, 0.717) is 0 Å². The number of hydrogen-bond acceptors (Lipinski definition) is 3. The lowest BCUT2D eigenvalue weighted by atomic mass is 10.2. The quantitative estimate of drug-likeness (QED) is 0.828. The lowest BCUT2D eigenvalue weighted by Gasteiger charge is -2.12. The summed E-state index contributed by atoms with van der Waals surface area (Å²) in [5.74, 6) is -0.448. The molecule has 0 spiro atoms. The number of aromatic nitrogens is 1. The second-order valence-electron chi connectivity index (χ2n) is 3.45. The van der Waals surface area contributed by atoms with Gasteiger partial charge in [0.2, 0.25) is 0 Å². The lowest BCUT2D eigenvalue weighted by Crippen LogP contribution is -2.19. The van der Waals surface area contributed by atoms with Crippen molar-refractivity contribution in [3.05, 3.63) is 24.0 Å². The average Bonchev–Trinajstić information content (AvgIpc) is 2.71. The van der Waals surface area contributed by atoms with Gasteiger partial charge >= 0.3 is 12.1 Å². The molecule has 0 radical (unpaired) electrons. The van der Waals surface area contributed by atoms with Crippen molar-refractivity contribution in [3.8, 4) is 0 Å². The Kier molecular flexibility index (Phi) is 4.17. The summed E-state index contributed by atoms with van der Waals surface area (Å²) >= 11 is 0. The molecular formula is C10H12F3NO3. The smallest absolute Gasteiger partial charge is 0.418 e. The first-order valence-corrected chi connectivity index (χ1v) is 4.82. The van der Waals surface area contributed by atoms with Gasteiger partial charge in [-0.25, -0.2) is 0 Å². The zero-order valence-electron chi connectivity index (χ0n) is 9.07. The van der Waals surface area contributed by atoms with E-state index in [0.717, 1.165) is 12.3 Å². The molecule has 0 saturated carbocycles. The van der Waals surface area contributed by atoms with Crippen LogP contribution in [-0.4, -0.2) is 28.9 Å². The molecule has 7 heteroatoms. The fourth-order valence-electron chi connectivity index (χ4n) is 1.27. The molecule has 0 aliphatic heterocycles. The third-order valence-corrected chi connectivity index (χ3v) is 2.20. The molecule has 1 aromatic rings. The molecule has 0 aliphatic carbocycles. The van der Waals surface area contributed by atoms with E-state index in [9.17, 15) is 18.0 Å². The van der Waals surface area contributed by atoms with Gasteiger partial charge in [0, 0.05) is 24.5 Å². The molecule has 1 rings (SSSR count). The predicted molar refractivity (Wildman–Crippen MR) is 52.1 cm³/mol. The number of nitrogens with zero attached hydrogens (tertiary/aromatic N) is 1. The first-order valence-electron chi connectivity index (χ1n) is 4.82. The third-order valence-electron chi connectivity index (χ3n) is 2.20. The average molecular weight is 251 g/mol. The van der Waals surface area contributed by atoms with E-state index in [1.54, 1.807) is 0 Å². The van der Waals surface area contributed by atoms with Crippen LogP contribution in [0, 0.1) is 0 Å². The number of aliphatic hydroxyl groups excluding tert-OH is 1. The second-order valence-corrected chi connectivity index (χ2v) is 3.45. The van der Waals surface area contributed by atoms with E-state index in [1.807, 2.05) is 0 Å². The number of ether oxygens (including phenoxy) is 1. The van der Waals surface area contributed by atoms with Crippen LogP contribution >= 0.6 is 0 Å². The van der Waals surface area contributed by atoms with E-state index < -0.39 is 18.2 Å². The summed E-state index contributed by atoms with van der Waals surface area (Å²) < 4.78 is 42.3. The van der Waals surface area contributed by atoms with E-state index in [-0.39, 0.29) is 18.5 Å².